The van der Waals surface area contributed by atoms with E-state index in [0.717, 1.165) is 17.9 Å². The molecule has 0 unspecified atom stereocenters. The van der Waals surface area contributed by atoms with Gasteiger partial charge in [-0.1, -0.05) is 19.9 Å². The zero-order valence-electron chi connectivity index (χ0n) is 9.64. The summed E-state index contributed by atoms with van der Waals surface area (Å²) >= 11 is 0. The fraction of sp³-hybridized carbons (Fsp3) is 0.417. The van der Waals surface area contributed by atoms with Crippen molar-refractivity contribution in [1.29, 1.82) is 0 Å². The Kier molecular flexibility index (Phi) is 2.83. The maximum Gasteiger partial charge on any atom is 0.143 e. The summed E-state index contributed by atoms with van der Waals surface area (Å²) in [5.41, 5.74) is 7.23. The van der Waals surface area contributed by atoms with E-state index >= 15 is 0 Å². The van der Waals surface area contributed by atoms with Gasteiger partial charge < -0.3 is 15.4 Å². The summed E-state index contributed by atoms with van der Waals surface area (Å²) in [7, 11) is 0. The Balaban J connectivity index is 2.70. The summed E-state index contributed by atoms with van der Waals surface area (Å²) in [4.78, 5) is 4.49. The lowest BCUT2D eigenvalue weighted by atomic mass is 10.2. The van der Waals surface area contributed by atoms with E-state index in [1.165, 1.54) is 0 Å². The van der Waals surface area contributed by atoms with Gasteiger partial charge in [-0.15, -0.1) is 0 Å². The molecule has 0 amide bonds. The van der Waals surface area contributed by atoms with E-state index in [9.17, 15) is 5.11 Å². The van der Waals surface area contributed by atoms with Gasteiger partial charge in [0.25, 0.3) is 0 Å². The van der Waals surface area contributed by atoms with E-state index in [1.54, 1.807) is 6.07 Å². The van der Waals surface area contributed by atoms with Crippen molar-refractivity contribution in [2.45, 2.75) is 26.3 Å². The summed E-state index contributed by atoms with van der Waals surface area (Å²) in [6.45, 7) is 5.48. The van der Waals surface area contributed by atoms with Crippen molar-refractivity contribution in [3.05, 3.63) is 24.0 Å². The van der Waals surface area contributed by atoms with Crippen molar-refractivity contribution in [3.8, 4) is 5.75 Å². The number of benzene rings is 1. The molecule has 0 spiro atoms. The highest BCUT2D eigenvalue weighted by Gasteiger charge is 2.14. The van der Waals surface area contributed by atoms with Gasteiger partial charge in [0.15, 0.2) is 0 Å². The van der Waals surface area contributed by atoms with Crippen molar-refractivity contribution in [3.63, 3.8) is 0 Å². The van der Waals surface area contributed by atoms with Crippen molar-refractivity contribution < 1.29 is 5.11 Å². The second kappa shape index (κ2) is 4.14. The molecule has 0 radical (unpaired) electrons. The molecule has 1 aromatic carbocycles. The highest BCUT2D eigenvalue weighted by molar-refractivity contribution is 5.82. The molecule has 86 valence electrons. The van der Waals surface area contributed by atoms with Gasteiger partial charge in [-0.2, -0.15) is 0 Å². The van der Waals surface area contributed by atoms with E-state index in [0.29, 0.717) is 18.0 Å². The Morgan fingerprint density at radius 1 is 1.44 bits per heavy atom. The van der Waals surface area contributed by atoms with Gasteiger partial charge in [0, 0.05) is 19.0 Å². The monoisotopic (exact) mass is 219 g/mol. The molecule has 1 aromatic heterocycles. The molecule has 0 saturated heterocycles. The number of nitrogens with zero attached hydrogens (tertiary/aromatic N) is 2. The Labute approximate surface area is 94.7 Å². The van der Waals surface area contributed by atoms with Gasteiger partial charge >= 0.3 is 0 Å². The molecule has 0 atom stereocenters. The smallest absolute Gasteiger partial charge is 0.143 e. The largest absolute Gasteiger partial charge is 0.506 e. The molecule has 0 fully saturated rings. The summed E-state index contributed by atoms with van der Waals surface area (Å²) < 4.78 is 2.08. The van der Waals surface area contributed by atoms with E-state index in [-0.39, 0.29) is 5.75 Å². The third-order valence-electron chi connectivity index (χ3n) is 2.66. The third-order valence-corrected chi connectivity index (χ3v) is 2.66. The molecule has 2 rings (SSSR count). The van der Waals surface area contributed by atoms with E-state index < -0.39 is 0 Å². The molecule has 0 saturated carbocycles. The molecule has 4 nitrogen and oxygen atoms in total. The SMILES string of the molecule is CC(C)c1nc2c(O)cccc2n1CCN. The molecule has 3 N–H and O–H groups in total. The molecule has 1 heterocycles. The Hall–Kier alpha value is -1.55. The number of nitrogens with two attached hydrogens (primary N) is 1. The van der Waals surface area contributed by atoms with Crippen LogP contribution < -0.4 is 5.73 Å². The van der Waals surface area contributed by atoms with Crippen LogP contribution in [0.1, 0.15) is 25.6 Å². The number of aromatic hydroxyl groups is 1. The van der Waals surface area contributed by atoms with Crippen molar-refractivity contribution in [2.75, 3.05) is 6.54 Å². The van der Waals surface area contributed by atoms with Crippen LogP contribution in [-0.4, -0.2) is 21.2 Å². The van der Waals surface area contributed by atoms with Gasteiger partial charge in [-0.3, -0.25) is 0 Å². The van der Waals surface area contributed by atoms with Gasteiger partial charge in [0.05, 0.1) is 5.52 Å². The quantitative estimate of drug-likeness (QED) is 0.827. The fourth-order valence-corrected chi connectivity index (χ4v) is 1.96. The number of imidazole rings is 1. The summed E-state index contributed by atoms with van der Waals surface area (Å²) in [5, 5.41) is 9.75. The zero-order chi connectivity index (χ0) is 11.7. The molecule has 16 heavy (non-hydrogen) atoms. The molecule has 0 aliphatic rings. The van der Waals surface area contributed by atoms with Crippen LogP contribution in [0.15, 0.2) is 18.2 Å². The van der Waals surface area contributed by atoms with E-state index in [2.05, 4.69) is 23.4 Å². The highest BCUT2D eigenvalue weighted by atomic mass is 16.3. The highest BCUT2D eigenvalue weighted by Crippen LogP contribution is 2.27. The number of aromatic nitrogens is 2. The third kappa shape index (κ3) is 1.65. The van der Waals surface area contributed by atoms with Crippen molar-refractivity contribution >= 4 is 11.0 Å². The maximum atomic E-state index is 9.75. The van der Waals surface area contributed by atoms with Crippen LogP contribution in [0.3, 0.4) is 0 Å². The van der Waals surface area contributed by atoms with Crippen molar-refractivity contribution in [1.82, 2.24) is 9.55 Å². The normalized spacial score (nSPS) is 11.5. The van der Waals surface area contributed by atoms with Crippen LogP contribution in [0, 0.1) is 0 Å². The van der Waals surface area contributed by atoms with Gasteiger partial charge in [-0.25, -0.2) is 4.98 Å². The zero-order valence-corrected chi connectivity index (χ0v) is 9.64. The Morgan fingerprint density at radius 2 is 2.19 bits per heavy atom. The summed E-state index contributed by atoms with van der Waals surface area (Å²) in [5.74, 6) is 1.52. The van der Waals surface area contributed by atoms with Crippen LogP contribution in [0.4, 0.5) is 0 Å². The second-order valence-corrected chi connectivity index (χ2v) is 4.21. The first kappa shape index (κ1) is 11.0. The van der Waals surface area contributed by atoms with E-state index in [4.69, 9.17) is 5.73 Å². The molecule has 0 bridgehead atoms. The lowest BCUT2D eigenvalue weighted by Gasteiger charge is -2.09. The van der Waals surface area contributed by atoms with E-state index in [1.807, 2.05) is 12.1 Å². The standard InChI is InChI=1S/C12H17N3O/c1-8(2)12-14-11-9(15(12)7-6-13)4-3-5-10(11)16/h3-5,8,16H,6-7,13H2,1-2H3. The number of rotatable bonds is 3. The van der Waals surface area contributed by atoms with Gasteiger partial charge in [0.2, 0.25) is 0 Å². The Bertz CT molecular complexity index is 502. The van der Waals surface area contributed by atoms with Crippen LogP contribution in [0.2, 0.25) is 0 Å². The molecule has 0 aliphatic heterocycles. The minimum Gasteiger partial charge on any atom is -0.506 e. The molecule has 0 aliphatic carbocycles. The molecule has 2 aromatic rings. The average molecular weight is 219 g/mol. The first-order valence-electron chi connectivity index (χ1n) is 5.53. The number of hydrogen-bond donors (Lipinski definition) is 2. The van der Waals surface area contributed by atoms with Gasteiger partial charge in [0.1, 0.15) is 17.1 Å². The van der Waals surface area contributed by atoms with Crippen LogP contribution in [0.25, 0.3) is 11.0 Å². The minimum atomic E-state index is 0.232. The van der Waals surface area contributed by atoms with Gasteiger partial charge in [-0.05, 0) is 12.1 Å². The topological polar surface area (TPSA) is 64.1 Å². The predicted octanol–water partition coefficient (Wildman–Crippen LogP) is 1.82. The number of fused-ring (bicyclic) bond motifs is 1. The molecular formula is C12H17N3O. The van der Waals surface area contributed by atoms with Crippen molar-refractivity contribution in [2.24, 2.45) is 5.73 Å². The lowest BCUT2D eigenvalue weighted by molar-refractivity contribution is 0.480. The summed E-state index contributed by atoms with van der Waals surface area (Å²) in [6.07, 6.45) is 0. The number of phenols is 1. The first-order valence-corrected chi connectivity index (χ1v) is 5.53. The van der Waals surface area contributed by atoms with Crippen LogP contribution >= 0.6 is 0 Å². The minimum absolute atomic E-state index is 0.232. The average Bonchev–Trinajstić information content (AvgIpc) is 2.60. The van der Waals surface area contributed by atoms with Crippen LogP contribution in [-0.2, 0) is 6.54 Å². The predicted molar refractivity (Wildman–Crippen MR) is 64.5 cm³/mol. The second-order valence-electron chi connectivity index (χ2n) is 4.21. The fourth-order valence-electron chi connectivity index (χ4n) is 1.96. The maximum absolute atomic E-state index is 9.75. The first-order chi connectivity index (χ1) is 7.65. The number of phenolic OH excluding ortho intramolecular Hbond substituents is 1. The summed E-state index contributed by atoms with van der Waals surface area (Å²) in [6, 6.07) is 5.45. The lowest BCUT2D eigenvalue weighted by Crippen LogP contribution is -2.13. The molecular weight excluding hydrogens is 202 g/mol. The number of hydrogen-bond acceptors (Lipinski definition) is 3. The van der Waals surface area contributed by atoms with Crippen LogP contribution in [0.5, 0.6) is 5.75 Å². The Morgan fingerprint density at radius 3 is 2.81 bits per heavy atom. The number of para-hydroxylation sites is 1. The molecule has 4 heteroatoms.